The largest absolute Gasteiger partial charge is 0.466 e. The van der Waals surface area contributed by atoms with Crippen LogP contribution >= 0.6 is 0 Å². The smallest absolute Gasteiger partial charge is 0.306 e. The Morgan fingerprint density at radius 1 is 0.682 bits per heavy atom. The number of unbranched alkanes of at least 4 members (excludes halogenated alkanes) is 9. The first-order valence-corrected chi connectivity index (χ1v) is 9.68. The predicted molar refractivity (Wildman–Crippen MR) is 96.0 cm³/mol. The van der Waals surface area contributed by atoms with Crippen molar-refractivity contribution in [2.24, 2.45) is 11.8 Å². The molecule has 0 aliphatic heterocycles. The first kappa shape index (κ1) is 21.5. The Hall–Kier alpha value is -0.530. The highest BCUT2D eigenvalue weighted by molar-refractivity contribution is 5.69. The monoisotopic (exact) mass is 312 g/mol. The average Bonchev–Trinajstić information content (AvgIpc) is 2.42. The van der Waals surface area contributed by atoms with Gasteiger partial charge in [-0.15, -0.1) is 0 Å². The van der Waals surface area contributed by atoms with Crippen LogP contribution < -0.4 is 0 Å². The lowest BCUT2D eigenvalue weighted by Gasteiger charge is -2.06. The quantitative estimate of drug-likeness (QED) is 0.254. The summed E-state index contributed by atoms with van der Waals surface area (Å²) >= 11 is 0. The minimum Gasteiger partial charge on any atom is -0.466 e. The fourth-order valence-electron chi connectivity index (χ4n) is 2.65. The second kappa shape index (κ2) is 15.4. The normalized spacial score (nSPS) is 11.4. The maximum absolute atomic E-state index is 11.4. The van der Waals surface area contributed by atoms with Gasteiger partial charge in [0.15, 0.2) is 0 Å². The fraction of sp³-hybridized carbons (Fsp3) is 0.950. The van der Waals surface area contributed by atoms with Gasteiger partial charge in [0.2, 0.25) is 0 Å². The van der Waals surface area contributed by atoms with Crippen molar-refractivity contribution >= 4 is 5.97 Å². The van der Waals surface area contributed by atoms with Crippen molar-refractivity contribution in [3.63, 3.8) is 0 Å². The van der Waals surface area contributed by atoms with Crippen molar-refractivity contribution in [2.75, 3.05) is 6.61 Å². The molecular weight excluding hydrogens is 272 g/mol. The van der Waals surface area contributed by atoms with E-state index in [-0.39, 0.29) is 5.97 Å². The standard InChI is InChI=1S/C20H40O2/c1-18(2)15-13-11-9-7-5-6-8-10-12-14-16-22-20(21)17-19(3)4/h18-19H,5-17H2,1-4H3. The van der Waals surface area contributed by atoms with Crippen LogP contribution in [0.2, 0.25) is 0 Å². The van der Waals surface area contributed by atoms with Crippen LogP contribution in [0.15, 0.2) is 0 Å². The fourth-order valence-corrected chi connectivity index (χ4v) is 2.65. The van der Waals surface area contributed by atoms with E-state index in [0.29, 0.717) is 18.9 Å². The van der Waals surface area contributed by atoms with Gasteiger partial charge in [-0.25, -0.2) is 0 Å². The van der Waals surface area contributed by atoms with E-state index in [1.165, 1.54) is 64.2 Å². The van der Waals surface area contributed by atoms with Crippen LogP contribution in [0.4, 0.5) is 0 Å². The van der Waals surface area contributed by atoms with Crippen LogP contribution in [-0.2, 0) is 9.53 Å². The molecule has 0 aromatic rings. The molecule has 0 fully saturated rings. The van der Waals surface area contributed by atoms with E-state index >= 15 is 0 Å². The maximum atomic E-state index is 11.4. The lowest BCUT2D eigenvalue weighted by atomic mass is 10.0. The van der Waals surface area contributed by atoms with Crippen LogP contribution in [0.5, 0.6) is 0 Å². The molecule has 0 unspecified atom stereocenters. The number of carbonyl (C=O) groups is 1. The highest BCUT2D eigenvalue weighted by atomic mass is 16.5. The van der Waals surface area contributed by atoms with Crippen LogP contribution in [0, 0.1) is 11.8 Å². The van der Waals surface area contributed by atoms with Gasteiger partial charge in [0.05, 0.1) is 6.61 Å². The summed E-state index contributed by atoms with van der Waals surface area (Å²) < 4.78 is 5.21. The summed E-state index contributed by atoms with van der Waals surface area (Å²) in [7, 11) is 0. The van der Waals surface area contributed by atoms with Gasteiger partial charge in [0.1, 0.15) is 0 Å². The number of hydrogen-bond acceptors (Lipinski definition) is 2. The SMILES string of the molecule is CC(C)CCCCCCCCCCCCOC(=O)CC(C)C. The van der Waals surface area contributed by atoms with Crippen LogP contribution in [0.25, 0.3) is 0 Å². The molecule has 0 saturated carbocycles. The number of carbonyl (C=O) groups excluding carboxylic acids is 1. The zero-order valence-corrected chi connectivity index (χ0v) is 15.7. The molecule has 0 aromatic heterocycles. The minimum absolute atomic E-state index is 0.0348. The molecule has 0 N–H and O–H groups in total. The second-order valence-corrected chi connectivity index (χ2v) is 7.54. The van der Waals surface area contributed by atoms with Crippen LogP contribution in [-0.4, -0.2) is 12.6 Å². The van der Waals surface area contributed by atoms with E-state index in [4.69, 9.17) is 4.74 Å². The number of ether oxygens (including phenoxy) is 1. The van der Waals surface area contributed by atoms with Gasteiger partial charge in [-0.2, -0.15) is 0 Å². The van der Waals surface area contributed by atoms with E-state index in [1.807, 2.05) is 13.8 Å². The molecule has 0 aliphatic rings. The maximum Gasteiger partial charge on any atom is 0.306 e. The number of hydrogen-bond donors (Lipinski definition) is 0. The number of esters is 1. The predicted octanol–water partition coefficient (Wildman–Crippen LogP) is 6.52. The van der Waals surface area contributed by atoms with E-state index in [9.17, 15) is 4.79 Å². The number of rotatable bonds is 15. The van der Waals surface area contributed by atoms with Crippen molar-refractivity contribution in [2.45, 2.75) is 105 Å². The van der Waals surface area contributed by atoms with Gasteiger partial charge in [0.25, 0.3) is 0 Å². The Kier molecular flexibility index (Phi) is 15.0. The lowest BCUT2D eigenvalue weighted by Crippen LogP contribution is -2.08. The summed E-state index contributed by atoms with van der Waals surface area (Å²) in [5.74, 6) is 1.23. The molecule has 0 saturated heterocycles. The first-order valence-electron chi connectivity index (χ1n) is 9.68. The molecule has 0 heterocycles. The zero-order chi connectivity index (χ0) is 16.6. The third-order valence-corrected chi connectivity index (χ3v) is 4.01. The Balaban J connectivity index is 3.10. The van der Waals surface area contributed by atoms with Crippen molar-refractivity contribution in [1.82, 2.24) is 0 Å². The van der Waals surface area contributed by atoms with Gasteiger partial charge >= 0.3 is 5.97 Å². The van der Waals surface area contributed by atoms with Crippen LogP contribution in [0.3, 0.4) is 0 Å². The van der Waals surface area contributed by atoms with Crippen molar-refractivity contribution in [1.29, 1.82) is 0 Å². The summed E-state index contributed by atoms with van der Waals surface area (Å²) in [5, 5.41) is 0. The molecular formula is C20H40O2. The van der Waals surface area contributed by atoms with E-state index in [0.717, 1.165) is 12.3 Å². The van der Waals surface area contributed by atoms with Gasteiger partial charge in [-0.3, -0.25) is 4.79 Å². The molecule has 2 nitrogen and oxygen atoms in total. The molecule has 2 heteroatoms. The summed E-state index contributed by atoms with van der Waals surface area (Å²) in [6.07, 6.45) is 15.2. The van der Waals surface area contributed by atoms with Crippen molar-refractivity contribution in [3.05, 3.63) is 0 Å². The molecule has 0 spiro atoms. The van der Waals surface area contributed by atoms with Gasteiger partial charge in [-0.05, 0) is 18.3 Å². The third-order valence-electron chi connectivity index (χ3n) is 4.01. The molecule has 0 atom stereocenters. The highest BCUT2D eigenvalue weighted by Gasteiger charge is 2.05. The average molecular weight is 313 g/mol. The molecule has 0 amide bonds. The van der Waals surface area contributed by atoms with E-state index < -0.39 is 0 Å². The highest BCUT2D eigenvalue weighted by Crippen LogP contribution is 2.13. The van der Waals surface area contributed by atoms with Gasteiger partial charge in [-0.1, -0.05) is 91.9 Å². The van der Waals surface area contributed by atoms with E-state index in [1.54, 1.807) is 0 Å². The Morgan fingerprint density at radius 3 is 1.59 bits per heavy atom. The summed E-state index contributed by atoms with van der Waals surface area (Å²) in [5.41, 5.74) is 0. The minimum atomic E-state index is -0.0348. The van der Waals surface area contributed by atoms with Gasteiger partial charge in [0, 0.05) is 6.42 Å². The summed E-state index contributed by atoms with van der Waals surface area (Å²) in [6, 6.07) is 0. The molecule has 0 radical (unpaired) electrons. The van der Waals surface area contributed by atoms with Crippen molar-refractivity contribution in [3.8, 4) is 0 Å². The van der Waals surface area contributed by atoms with Gasteiger partial charge < -0.3 is 4.74 Å². The summed E-state index contributed by atoms with van der Waals surface area (Å²) in [6.45, 7) is 9.33. The second-order valence-electron chi connectivity index (χ2n) is 7.54. The molecule has 22 heavy (non-hydrogen) atoms. The van der Waals surface area contributed by atoms with Crippen molar-refractivity contribution < 1.29 is 9.53 Å². The molecule has 132 valence electrons. The zero-order valence-electron chi connectivity index (χ0n) is 15.7. The topological polar surface area (TPSA) is 26.3 Å². The summed E-state index contributed by atoms with van der Waals surface area (Å²) in [4.78, 5) is 11.4. The molecule has 0 rings (SSSR count). The first-order chi connectivity index (χ1) is 10.5. The Bertz CT molecular complexity index is 246. The third kappa shape index (κ3) is 17.5. The Morgan fingerprint density at radius 2 is 1.14 bits per heavy atom. The van der Waals surface area contributed by atoms with E-state index in [2.05, 4.69) is 13.8 Å². The lowest BCUT2D eigenvalue weighted by molar-refractivity contribution is -0.144. The van der Waals surface area contributed by atoms with Crippen LogP contribution in [0.1, 0.15) is 105 Å². The molecule has 0 aliphatic carbocycles. The Labute approximate surface area is 139 Å². The molecule has 0 aromatic carbocycles. The molecule has 0 bridgehead atoms.